The zero-order chi connectivity index (χ0) is 17.3. The molecule has 0 aromatic heterocycles. The van der Waals surface area contributed by atoms with E-state index in [0.717, 1.165) is 44.9 Å². The maximum atomic E-state index is 13.1. The summed E-state index contributed by atoms with van der Waals surface area (Å²) in [4.78, 5) is 14.9. The zero-order valence-electron chi connectivity index (χ0n) is 14.7. The predicted octanol–water partition coefficient (Wildman–Crippen LogP) is 1.79. The van der Waals surface area contributed by atoms with Gasteiger partial charge in [-0.15, -0.1) is 0 Å². The number of nitrogens with zero attached hydrogens (tertiary/aromatic N) is 2. The lowest BCUT2D eigenvalue weighted by Gasteiger charge is -2.51. The summed E-state index contributed by atoms with van der Waals surface area (Å²) >= 11 is 0. The number of aliphatic hydroxyl groups is 1. The molecule has 6 atom stereocenters. The fraction of sp³-hybridized carbons (Fsp3) is 0.895. The first-order chi connectivity index (χ1) is 11.2. The first-order valence-electron chi connectivity index (χ1n) is 9.42. The minimum atomic E-state index is -0.564. The van der Waals surface area contributed by atoms with E-state index in [0.29, 0.717) is 17.8 Å². The quantitative estimate of drug-likeness (QED) is 0.807. The van der Waals surface area contributed by atoms with Crippen LogP contribution in [0.5, 0.6) is 0 Å². The molecule has 5 nitrogen and oxygen atoms in total. The second kappa shape index (κ2) is 5.19. The van der Waals surface area contributed by atoms with Gasteiger partial charge in [-0.05, 0) is 75.0 Å². The van der Waals surface area contributed by atoms with E-state index in [1.54, 1.807) is 4.90 Å². The Kier molecular flexibility index (Phi) is 3.54. The lowest BCUT2D eigenvalue weighted by Crippen LogP contribution is -2.57. The van der Waals surface area contributed by atoms with E-state index in [1.165, 1.54) is 0 Å². The van der Waals surface area contributed by atoms with Crippen LogP contribution in [0.4, 0.5) is 0 Å². The summed E-state index contributed by atoms with van der Waals surface area (Å²) in [6.45, 7) is 4.09. The van der Waals surface area contributed by atoms with Crippen molar-refractivity contribution >= 4 is 5.91 Å². The van der Waals surface area contributed by atoms with Crippen molar-refractivity contribution in [2.24, 2.45) is 28.9 Å². The minimum Gasteiger partial charge on any atom is -0.390 e. The fourth-order valence-corrected chi connectivity index (χ4v) is 6.28. The van der Waals surface area contributed by atoms with Gasteiger partial charge < -0.3 is 15.7 Å². The summed E-state index contributed by atoms with van der Waals surface area (Å²) in [5, 5.41) is 19.8. The Hall–Kier alpha value is -1.12. The lowest BCUT2D eigenvalue weighted by molar-refractivity contribution is -0.139. The molecule has 24 heavy (non-hydrogen) atoms. The number of amides is 1. The van der Waals surface area contributed by atoms with E-state index in [9.17, 15) is 15.2 Å². The van der Waals surface area contributed by atoms with Crippen molar-refractivity contribution in [1.82, 2.24) is 4.90 Å². The highest BCUT2D eigenvalue weighted by molar-refractivity contribution is 5.84. The lowest BCUT2D eigenvalue weighted by atomic mass is 9.56. The molecule has 0 spiro atoms. The molecule has 1 amide bonds. The minimum absolute atomic E-state index is 0.0132. The molecule has 5 heteroatoms. The van der Waals surface area contributed by atoms with Crippen LogP contribution in [-0.2, 0) is 4.79 Å². The highest BCUT2D eigenvalue weighted by Gasteiger charge is 2.57. The molecular weight excluding hydrogens is 302 g/mol. The number of nitriles is 1. The topological polar surface area (TPSA) is 90.3 Å². The van der Waals surface area contributed by atoms with Gasteiger partial charge in [0.05, 0.1) is 17.7 Å². The van der Waals surface area contributed by atoms with Crippen LogP contribution in [0.3, 0.4) is 0 Å². The largest absolute Gasteiger partial charge is 0.390 e. The maximum Gasteiger partial charge on any atom is 0.241 e. The average molecular weight is 331 g/mol. The van der Waals surface area contributed by atoms with Crippen LogP contribution in [0.2, 0.25) is 0 Å². The Morgan fingerprint density at radius 3 is 2.42 bits per heavy atom. The van der Waals surface area contributed by atoms with Crippen LogP contribution < -0.4 is 5.73 Å². The van der Waals surface area contributed by atoms with Gasteiger partial charge in [0.2, 0.25) is 5.91 Å². The SMILES string of the molecule is CC1(O)CC2CC(C1)CC(C)([C@H](N)C(=O)N1[C@H](C#N)C[C@@H]3C[C@@H]31)C2. The number of hydrogen-bond donors (Lipinski definition) is 2. The number of carbonyl (C=O) groups excluding carboxylic acids is 1. The van der Waals surface area contributed by atoms with E-state index in [1.807, 2.05) is 6.92 Å². The fourth-order valence-electron chi connectivity index (χ4n) is 6.28. The normalized spacial score (nSPS) is 50.8. The Morgan fingerprint density at radius 1 is 1.21 bits per heavy atom. The Bertz CT molecular complexity index is 580. The maximum absolute atomic E-state index is 13.1. The van der Waals surface area contributed by atoms with Crippen molar-refractivity contribution in [3.8, 4) is 6.07 Å². The van der Waals surface area contributed by atoms with E-state index in [4.69, 9.17) is 5.73 Å². The molecule has 1 aliphatic heterocycles. The smallest absolute Gasteiger partial charge is 0.241 e. The van der Waals surface area contributed by atoms with Gasteiger partial charge in [0.15, 0.2) is 0 Å². The van der Waals surface area contributed by atoms with Gasteiger partial charge in [-0.3, -0.25) is 4.79 Å². The van der Waals surface area contributed by atoms with E-state index < -0.39 is 11.6 Å². The Labute approximate surface area is 144 Å². The number of likely N-dealkylation sites (tertiary alicyclic amines) is 1. The number of hydrogen-bond acceptors (Lipinski definition) is 4. The molecule has 0 radical (unpaired) electrons. The third kappa shape index (κ3) is 2.55. The molecule has 4 aliphatic rings. The van der Waals surface area contributed by atoms with Crippen LogP contribution in [-0.4, -0.2) is 39.6 Å². The van der Waals surface area contributed by atoms with Crippen LogP contribution in [0, 0.1) is 34.5 Å². The second-order valence-electron chi connectivity index (χ2n) is 9.60. The third-order valence-corrected chi connectivity index (χ3v) is 7.16. The molecule has 3 aliphatic carbocycles. The van der Waals surface area contributed by atoms with Gasteiger partial charge in [0.1, 0.15) is 6.04 Å². The van der Waals surface area contributed by atoms with E-state index in [-0.39, 0.29) is 23.4 Å². The molecule has 3 saturated carbocycles. The first kappa shape index (κ1) is 16.4. The van der Waals surface area contributed by atoms with Crippen LogP contribution in [0.1, 0.15) is 58.8 Å². The first-order valence-corrected chi connectivity index (χ1v) is 9.42. The zero-order valence-corrected chi connectivity index (χ0v) is 14.7. The molecule has 4 fully saturated rings. The van der Waals surface area contributed by atoms with Gasteiger partial charge >= 0.3 is 0 Å². The number of carbonyl (C=O) groups is 1. The summed E-state index contributed by atoms with van der Waals surface area (Å²) in [6.07, 6.45) is 6.47. The molecule has 3 N–H and O–H groups in total. The highest BCUT2D eigenvalue weighted by Crippen LogP contribution is 2.54. The van der Waals surface area contributed by atoms with Crippen molar-refractivity contribution in [3.05, 3.63) is 0 Å². The Balaban J connectivity index is 1.51. The van der Waals surface area contributed by atoms with Gasteiger partial charge in [0.25, 0.3) is 0 Å². The summed E-state index contributed by atoms with van der Waals surface area (Å²) < 4.78 is 0. The van der Waals surface area contributed by atoms with Crippen molar-refractivity contribution in [2.75, 3.05) is 0 Å². The van der Waals surface area contributed by atoms with Crippen LogP contribution in [0.25, 0.3) is 0 Å². The molecule has 2 unspecified atom stereocenters. The van der Waals surface area contributed by atoms with Crippen molar-refractivity contribution in [1.29, 1.82) is 5.26 Å². The van der Waals surface area contributed by atoms with Crippen LogP contribution >= 0.6 is 0 Å². The summed E-state index contributed by atoms with van der Waals surface area (Å²) in [5.41, 5.74) is 5.73. The Morgan fingerprint density at radius 2 is 1.83 bits per heavy atom. The number of rotatable bonds is 2. The second-order valence-corrected chi connectivity index (χ2v) is 9.60. The standard InChI is InChI=1S/C19H29N3O2/c1-18(6-11-3-12(7-18)9-19(2,24)8-11)16(21)17(23)22-14(10-20)4-13-5-15(13)22/h11-16,24H,3-9,21H2,1-2H3/t11?,12?,13-,14+,15+,16-,18?,19?/m1/s1. The summed E-state index contributed by atoms with van der Waals surface area (Å²) in [6, 6.07) is 1.75. The molecule has 4 rings (SSSR count). The summed E-state index contributed by atoms with van der Waals surface area (Å²) in [5.74, 6) is 1.42. The molecule has 132 valence electrons. The molecule has 1 saturated heterocycles. The molecule has 1 heterocycles. The molecule has 0 aromatic carbocycles. The van der Waals surface area contributed by atoms with Crippen molar-refractivity contribution < 1.29 is 9.90 Å². The van der Waals surface area contributed by atoms with Gasteiger partial charge in [-0.2, -0.15) is 5.26 Å². The number of fused-ring (bicyclic) bond motifs is 3. The van der Waals surface area contributed by atoms with Crippen molar-refractivity contribution in [2.45, 2.75) is 82.5 Å². The van der Waals surface area contributed by atoms with Crippen molar-refractivity contribution in [3.63, 3.8) is 0 Å². The van der Waals surface area contributed by atoms with Crippen LogP contribution in [0.15, 0.2) is 0 Å². The van der Waals surface area contributed by atoms with Gasteiger partial charge in [-0.25, -0.2) is 0 Å². The van der Waals surface area contributed by atoms with Gasteiger partial charge in [-0.1, -0.05) is 6.92 Å². The number of piperidine rings is 1. The highest BCUT2D eigenvalue weighted by atomic mass is 16.3. The van der Waals surface area contributed by atoms with E-state index in [2.05, 4.69) is 13.0 Å². The molecule has 0 aromatic rings. The van der Waals surface area contributed by atoms with E-state index >= 15 is 0 Å². The third-order valence-electron chi connectivity index (χ3n) is 7.16. The number of nitrogens with two attached hydrogens (primary N) is 1. The molecular formula is C19H29N3O2. The predicted molar refractivity (Wildman–Crippen MR) is 89.5 cm³/mol. The monoisotopic (exact) mass is 331 g/mol. The van der Waals surface area contributed by atoms with Gasteiger partial charge in [0, 0.05) is 6.04 Å². The molecule has 2 bridgehead atoms. The summed E-state index contributed by atoms with van der Waals surface area (Å²) in [7, 11) is 0. The average Bonchev–Trinajstić information content (AvgIpc) is 3.13.